The van der Waals surface area contributed by atoms with Crippen LogP contribution < -0.4 is 5.32 Å². The van der Waals surface area contributed by atoms with Crippen LogP contribution in [0.15, 0.2) is 30.3 Å². The number of hydrogen-bond donors (Lipinski definition) is 1. The van der Waals surface area contributed by atoms with E-state index >= 15 is 0 Å². The van der Waals surface area contributed by atoms with Gasteiger partial charge in [-0.25, -0.2) is 21.6 Å². The summed E-state index contributed by atoms with van der Waals surface area (Å²) in [6.07, 6.45) is 1.26. The van der Waals surface area contributed by atoms with Crippen LogP contribution in [0.3, 0.4) is 0 Å². The van der Waals surface area contributed by atoms with E-state index < -0.39 is 24.9 Å². The summed E-state index contributed by atoms with van der Waals surface area (Å²) in [5, 5.41) is 2.31. The third kappa shape index (κ3) is 4.76. The van der Waals surface area contributed by atoms with Crippen molar-refractivity contribution in [1.29, 1.82) is 0 Å². The zero-order chi connectivity index (χ0) is 18.8. The molecule has 0 unspecified atom stereocenters. The number of carbonyl (C=O) groups is 1. The van der Waals surface area contributed by atoms with Gasteiger partial charge >= 0.3 is 6.03 Å². The first kappa shape index (κ1) is 19.2. The molecule has 0 bridgehead atoms. The van der Waals surface area contributed by atoms with E-state index in [0.29, 0.717) is 32.4 Å². The minimum Gasteiger partial charge on any atom is -0.334 e. The predicted molar refractivity (Wildman–Crippen MR) is 99.3 cm³/mol. The Balaban J connectivity index is 1.51. The number of likely N-dealkylation sites (tertiary alicyclic amines) is 1. The fourth-order valence-corrected chi connectivity index (χ4v) is 7.01. The Morgan fingerprint density at radius 3 is 2.35 bits per heavy atom. The highest BCUT2D eigenvalue weighted by molar-refractivity contribution is 7.91. The highest BCUT2D eigenvalue weighted by Gasteiger charge is 2.34. The van der Waals surface area contributed by atoms with Crippen molar-refractivity contribution >= 4 is 25.7 Å². The van der Waals surface area contributed by atoms with Crippen molar-refractivity contribution in [3.63, 3.8) is 0 Å². The minimum absolute atomic E-state index is 0.0132. The maximum absolute atomic E-state index is 12.6. The quantitative estimate of drug-likeness (QED) is 0.811. The van der Waals surface area contributed by atoms with Gasteiger partial charge in [0.2, 0.25) is 0 Å². The van der Waals surface area contributed by atoms with Crippen LogP contribution in [0.5, 0.6) is 0 Å². The van der Waals surface area contributed by atoms with Gasteiger partial charge in [0.1, 0.15) is 0 Å². The average Bonchev–Trinajstić information content (AvgIpc) is 2.94. The molecule has 1 atom stereocenters. The van der Waals surface area contributed by atoms with Crippen LogP contribution in [-0.4, -0.2) is 63.7 Å². The Bertz CT molecular complexity index is 844. The summed E-state index contributed by atoms with van der Waals surface area (Å²) >= 11 is 0. The fraction of sp³-hybridized carbons (Fsp3) is 0.588. The highest BCUT2D eigenvalue weighted by Crippen LogP contribution is 2.22. The molecule has 2 amide bonds. The average molecular weight is 401 g/mol. The number of nitrogens with one attached hydrogen (secondary N) is 1. The first-order valence-corrected chi connectivity index (χ1v) is 12.3. The van der Waals surface area contributed by atoms with Crippen molar-refractivity contribution < 1.29 is 21.6 Å². The van der Waals surface area contributed by atoms with E-state index in [9.17, 15) is 21.6 Å². The lowest BCUT2D eigenvalue weighted by Crippen LogP contribution is -2.49. The number of sulfone groups is 2. The highest BCUT2D eigenvalue weighted by atomic mass is 32.2. The van der Waals surface area contributed by atoms with E-state index in [1.165, 1.54) is 0 Å². The maximum Gasteiger partial charge on any atom is 0.317 e. The van der Waals surface area contributed by atoms with Gasteiger partial charge in [-0.3, -0.25) is 0 Å². The molecule has 2 aliphatic rings. The van der Waals surface area contributed by atoms with E-state index in [2.05, 4.69) is 5.32 Å². The molecule has 0 aromatic heterocycles. The van der Waals surface area contributed by atoms with Gasteiger partial charge in [0.25, 0.3) is 0 Å². The van der Waals surface area contributed by atoms with Crippen LogP contribution in [0, 0.1) is 0 Å². The summed E-state index contributed by atoms with van der Waals surface area (Å²) in [6.45, 7) is 0.730. The molecule has 0 aliphatic carbocycles. The SMILES string of the molecule is O=C(N[C@@H]1CCS(=O)(=O)C1)N1CCC(S(=O)(=O)Cc2ccccc2)CC1. The molecule has 26 heavy (non-hydrogen) atoms. The topological polar surface area (TPSA) is 101 Å². The first-order chi connectivity index (χ1) is 12.3. The number of nitrogens with zero attached hydrogens (tertiary/aromatic N) is 1. The predicted octanol–water partition coefficient (Wildman–Crippen LogP) is 0.963. The van der Waals surface area contributed by atoms with Gasteiger partial charge in [-0.15, -0.1) is 0 Å². The first-order valence-electron chi connectivity index (χ1n) is 8.76. The fourth-order valence-electron chi connectivity index (χ4n) is 3.52. The van der Waals surface area contributed by atoms with Crippen LogP contribution in [0.4, 0.5) is 4.79 Å². The van der Waals surface area contributed by atoms with Crippen LogP contribution in [0.25, 0.3) is 0 Å². The number of amides is 2. The summed E-state index contributed by atoms with van der Waals surface area (Å²) in [6, 6.07) is 8.45. The summed E-state index contributed by atoms with van der Waals surface area (Å²) in [5.74, 6) is 0.114. The number of piperidine rings is 1. The van der Waals surface area contributed by atoms with Gasteiger partial charge < -0.3 is 10.2 Å². The van der Waals surface area contributed by atoms with E-state index in [1.54, 1.807) is 17.0 Å². The molecule has 7 nitrogen and oxygen atoms in total. The lowest BCUT2D eigenvalue weighted by Gasteiger charge is -2.32. The number of carbonyl (C=O) groups excluding carboxylic acids is 1. The zero-order valence-corrected chi connectivity index (χ0v) is 16.1. The zero-order valence-electron chi connectivity index (χ0n) is 14.5. The molecular formula is C17H24N2O5S2. The molecule has 2 fully saturated rings. The monoisotopic (exact) mass is 400 g/mol. The van der Waals surface area contributed by atoms with Crippen LogP contribution >= 0.6 is 0 Å². The molecule has 0 radical (unpaired) electrons. The molecule has 0 saturated carbocycles. The summed E-state index contributed by atoms with van der Waals surface area (Å²) in [4.78, 5) is 13.9. The lowest BCUT2D eigenvalue weighted by molar-refractivity contribution is 0.184. The van der Waals surface area contributed by atoms with E-state index in [4.69, 9.17) is 0 Å². The van der Waals surface area contributed by atoms with Gasteiger partial charge in [0.05, 0.1) is 22.5 Å². The van der Waals surface area contributed by atoms with Crippen molar-refractivity contribution in [1.82, 2.24) is 10.2 Å². The standard InChI is InChI=1S/C17H24N2O5S2/c20-17(18-15-8-11-25(21,22)13-15)19-9-6-16(7-10-19)26(23,24)12-14-4-2-1-3-5-14/h1-5,15-16H,6-13H2,(H,18,20)/t15-/m1/s1. The van der Waals surface area contributed by atoms with E-state index in [0.717, 1.165) is 5.56 Å². The minimum atomic E-state index is -3.26. The van der Waals surface area contributed by atoms with Crippen molar-refractivity contribution in [3.05, 3.63) is 35.9 Å². The van der Waals surface area contributed by atoms with Crippen molar-refractivity contribution in [2.75, 3.05) is 24.6 Å². The molecule has 1 aromatic rings. The second-order valence-electron chi connectivity index (χ2n) is 7.03. The molecular weight excluding hydrogens is 376 g/mol. The molecule has 0 spiro atoms. The Morgan fingerprint density at radius 1 is 1.12 bits per heavy atom. The number of hydrogen-bond acceptors (Lipinski definition) is 5. The Kier molecular flexibility index (Phi) is 5.57. The molecule has 2 heterocycles. The van der Waals surface area contributed by atoms with Gasteiger partial charge in [-0.1, -0.05) is 30.3 Å². The van der Waals surface area contributed by atoms with E-state index in [1.807, 2.05) is 18.2 Å². The van der Waals surface area contributed by atoms with Gasteiger partial charge in [0.15, 0.2) is 19.7 Å². The van der Waals surface area contributed by atoms with Crippen molar-refractivity contribution in [3.8, 4) is 0 Å². The molecule has 1 aromatic carbocycles. The van der Waals surface area contributed by atoms with Gasteiger partial charge in [-0.2, -0.15) is 0 Å². The Hall–Kier alpha value is -1.61. The summed E-state index contributed by atoms with van der Waals surface area (Å²) in [5.41, 5.74) is 0.773. The summed E-state index contributed by atoms with van der Waals surface area (Å²) in [7, 11) is -6.30. The molecule has 9 heteroatoms. The largest absolute Gasteiger partial charge is 0.334 e. The second kappa shape index (κ2) is 7.56. The van der Waals surface area contributed by atoms with Crippen molar-refractivity contribution in [2.24, 2.45) is 0 Å². The number of rotatable bonds is 4. The van der Waals surface area contributed by atoms with Crippen molar-refractivity contribution in [2.45, 2.75) is 36.3 Å². The second-order valence-corrected chi connectivity index (χ2v) is 11.5. The number of urea groups is 1. The van der Waals surface area contributed by atoms with Crippen LogP contribution in [0.1, 0.15) is 24.8 Å². The Labute approximate surface area is 154 Å². The molecule has 2 saturated heterocycles. The maximum atomic E-state index is 12.6. The third-order valence-electron chi connectivity index (χ3n) is 5.01. The number of benzene rings is 1. The normalized spacial score (nSPS) is 23.7. The van der Waals surface area contributed by atoms with Gasteiger partial charge in [0, 0.05) is 19.1 Å². The molecule has 1 N–H and O–H groups in total. The molecule has 2 aliphatic heterocycles. The summed E-state index contributed by atoms with van der Waals surface area (Å²) < 4.78 is 48.1. The van der Waals surface area contributed by atoms with E-state index in [-0.39, 0.29) is 29.3 Å². The molecule has 3 rings (SSSR count). The smallest absolute Gasteiger partial charge is 0.317 e. The van der Waals surface area contributed by atoms with Crippen LogP contribution in [-0.2, 0) is 25.4 Å². The van der Waals surface area contributed by atoms with Gasteiger partial charge in [-0.05, 0) is 24.8 Å². The lowest BCUT2D eigenvalue weighted by atomic mass is 10.1. The van der Waals surface area contributed by atoms with Crippen LogP contribution in [0.2, 0.25) is 0 Å². The third-order valence-corrected chi connectivity index (χ3v) is 9.00. The molecule has 144 valence electrons. The Morgan fingerprint density at radius 2 is 1.77 bits per heavy atom.